The summed E-state index contributed by atoms with van der Waals surface area (Å²) in [6, 6.07) is 0. The molecule has 1 aliphatic rings. The van der Waals surface area contributed by atoms with Crippen LogP contribution in [-0.2, 0) is 9.53 Å². The van der Waals surface area contributed by atoms with Crippen molar-refractivity contribution in [1.29, 1.82) is 0 Å². The molecular formula is C13H25NO2. The summed E-state index contributed by atoms with van der Waals surface area (Å²) in [4.78, 5) is 13.9. The number of carbonyl (C=O) groups excluding carboxylic acids is 1. The highest BCUT2D eigenvalue weighted by atomic mass is 16.5. The molecule has 16 heavy (non-hydrogen) atoms. The Morgan fingerprint density at radius 1 is 1.25 bits per heavy atom. The van der Waals surface area contributed by atoms with Gasteiger partial charge in [0.1, 0.15) is 6.10 Å². The minimum atomic E-state index is -0.0205. The molecule has 94 valence electrons. The van der Waals surface area contributed by atoms with Gasteiger partial charge in [0.15, 0.2) is 0 Å². The summed E-state index contributed by atoms with van der Waals surface area (Å²) in [6.45, 7) is 7.60. The normalized spacial score (nSPS) is 16.9. The van der Waals surface area contributed by atoms with E-state index in [1.807, 2.05) is 0 Å². The molecule has 0 amide bonds. The molecule has 1 heterocycles. The van der Waals surface area contributed by atoms with E-state index in [1.54, 1.807) is 0 Å². The SMILES string of the molecule is CCC(CC)OC(=O)CCCN1CCCC1. The van der Waals surface area contributed by atoms with Gasteiger partial charge in [-0.25, -0.2) is 0 Å². The zero-order valence-corrected chi connectivity index (χ0v) is 10.7. The van der Waals surface area contributed by atoms with Gasteiger partial charge in [0, 0.05) is 6.42 Å². The largest absolute Gasteiger partial charge is 0.462 e. The molecule has 0 aliphatic carbocycles. The third-order valence-electron chi connectivity index (χ3n) is 3.26. The molecule has 0 aromatic carbocycles. The first-order chi connectivity index (χ1) is 7.76. The Labute approximate surface area is 99.1 Å². The van der Waals surface area contributed by atoms with Crippen LogP contribution >= 0.6 is 0 Å². The Balaban J connectivity index is 2.05. The molecular weight excluding hydrogens is 202 g/mol. The van der Waals surface area contributed by atoms with Gasteiger partial charge in [0.25, 0.3) is 0 Å². The van der Waals surface area contributed by atoms with Gasteiger partial charge in [0.05, 0.1) is 0 Å². The van der Waals surface area contributed by atoms with Crippen LogP contribution in [0.3, 0.4) is 0 Å². The number of hydrogen-bond donors (Lipinski definition) is 0. The summed E-state index contributed by atoms with van der Waals surface area (Å²) in [5.74, 6) is -0.0205. The second kappa shape index (κ2) is 7.66. The third kappa shape index (κ3) is 4.97. The summed E-state index contributed by atoms with van der Waals surface area (Å²) >= 11 is 0. The van der Waals surface area contributed by atoms with E-state index in [1.165, 1.54) is 25.9 Å². The first-order valence-corrected chi connectivity index (χ1v) is 6.68. The highest BCUT2D eigenvalue weighted by Crippen LogP contribution is 2.10. The lowest BCUT2D eigenvalue weighted by atomic mass is 10.2. The first kappa shape index (κ1) is 13.5. The van der Waals surface area contributed by atoms with Gasteiger partial charge in [-0.3, -0.25) is 4.79 Å². The molecule has 0 aromatic heterocycles. The van der Waals surface area contributed by atoms with Crippen LogP contribution in [0.2, 0.25) is 0 Å². The quantitative estimate of drug-likeness (QED) is 0.626. The van der Waals surface area contributed by atoms with Crippen molar-refractivity contribution in [1.82, 2.24) is 4.90 Å². The van der Waals surface area contributed by atoms with Crippen molar-refractivity contribution in [2.45, 2.75) is 58.5 Å². The van der Waals surface area contributed by atoms with E-state index >= 15 is 0 Å². The van der Waals surface area contributed by atoms with E-state index in [4.69, 9.17) is 4.74 Å². The minimum Gasteiger partial charge on any atom is -0.462 e. The Morgan fingerprint density at radius 2 is 1.88 bits per heavy atom. The van der Waals surface area contributed by atoms with Crippen LogP contribution in [-0.4, -0.2) is 36.6 Å². The number of ether oxygens (including phenoxy) is 1. The summed E-state index contributed by atoms with van der Waals surface area (Å²) in [6.07, 6.45) is 6.13. The molecule has 0 bridgehead atoms. The van der Waals surface area contributed by atoms with Crippen molar-refractivity contribution in [2.24, 2.45) is 0 Å². The van der Waals surface area contributed by atoms with Gasteiger partial charge < -0.3 is 9.64 Å². The molecule has 3 heteroatoms. The topological polar surface area (TPSA) is 29.5 Å². The smallest absolute Gasteiger partial charge is 0.306 e. The van der Waals surface area contributed by atoms with E-state index in [9.17, 15) is 4.79 Å². The Kier molecular flexibility index (Phi) is 6.46. The Hall–Kier alpha value is -0.570. The number of hydrogen-bond acceptors (Lipinski definition) is 3. The number of likely N-dealkylation sites (tertiary alicyclic amines) is 1. The summed E-state index contributed by atoms with van der Waals surface area (Å²) < 4.78 is 5.36. The summed E-state index contributed by atoms with van der Waals surface area (Å²) in [5, 5.41) is 0. The first-order valence-electron chi connectivity index (χ1n) is 6.68. The van der Waals surface area contributed by atoms with Crippen LogP contribution in [0.15, 0.2) is 0 Å². The van der Waals surface area contributed by atoms with Crippen LogP contribution < -0.4 is 0 Å². The van der Waals surface area contributed by atoms with E-state index in [0.29, 0.717) is 6.42 Å². The van der Waals surface area contributed by atoms with Crippen molar-refractivity contribution in [3.8, 4) is 0 Å². The van der Waals surface area contributed by atoms with Gasteiger partial charge in [-0.1, -0.05) is 13.8 Å². The highest BCUT2D eigenvalue weighted by molar-refractivity contribution is 5.69. The van der Waals surface area contributed by atoms with Crippen molar-refractivity contribution in [3.63, 3.8) is 0 Å². The lowest BCUT2D eigenvalue weighted by Gasteiger charge is -2.16. The van der Waals surface area contributed by atoms with Crippen LogP contribution in [0.5, 0.6) is 0 Å². The van der Waals surface area contributed by atoms with Crippen molar-refractivity contribution >= 4 is 5.97 Å². The van der Waals surface area contributed by atoms with E-state index in [2.05, 4.69) is 18.7 Å². The molecule has 0 atom stereocenters. The van der Waals surface area contributed by atoms with Crippen LogP contribution in [0.1, 0.15) is 52.4 Å². The zero-order chi connectivity index (χ0) is 11.8. The lowest BCUT2D eigenvalue weighted by Crippen LogP contribution is -2.22. The van der Waals surface area contributed by atoms with E-state index in [0.717, 1.165) is 25.8 Å². The fourth-order valence-electron chi connectivity index (χ4n) is 2.15. The molecule has 1 fully saturated rings. The van der Waals surface area contributed by atoms with E-state index in [-0.39, 0.29) is 12.1 Å². The van der Waals surface area contributed by atoms with Crippen molar-refractivity contribution in [2.75, 3.05) is 19.6 Å². The maximum absolute atomic E-state index is 11.5. The fraction of sp³-hybridized carbons (Fsp3) is 0.923. The molecule has 0 spiro atoms. The number of nitrogens with zero attached hydrogens (tertiary/aromatic N) is 1. The van der Waals surface area contributed by atoms with Gasteiger partial charge in [-0.15, -0.1) is 0 Å². The summed E-state index contributed by atoms with van der Waals surface area (Å²) in [7, 11) is 0. The highest BCUT2D eigenvalue weighted by Gasteiger charge is 2.13. The average Bonchev–Trinajstić information content (AvgIpc) is 2.79. The Morgan fingerprint density at radius 3 is 2.44 bits per heavy atom. The molecule has 1 saturated heterocycles. The van der Waals surface area contributed by atoms with Crippen LogP contribution in [0, 0.1) is 0 Å². The number of esters is 1. The molecule has 0 unspecified atom stereocenters. The maximum Gasteiger partial charge on any atom is 0.306 e. The van der Waals surface area contributed by atoms with Gasteiger partial charge >= 0.3 is 5.97 Å². The second-order valence-electron chi connectivity index (χ2n) is 4.58. The molecule has 0 saturated carbocycles. The molecule has 0 radical (unpaired) electrons. The van der Waals surface area contributed by atoms with E-state index < -0.39 is 0 Å². The van der Waals surface area contributed by atoms with Crippen LogP contribution in [0.25, 0.3) is 0 Å². The molecule has 0 aromatic rings. The standard InChI is InChI=1S/C13H25NO2/c1-3-12(4-2)16-13(15)8-7-11-14-9-5-6-10-14/h12H,3-11H2,1-2H3. The number of carbonyl (C=O) groups is 1. The molecule has 0 N–H and O–H groups in total. The third-order valence-corrected chi connectivity index (χ3v) is 3.26. The zero-order valence-electron chi connectivity index (χ0n) is 10.7. The fourth-order valence-corrected chi connectivity index (χ4v) is 2.15. The molecule has 3 nitrogen and oxygen atoms in total. The van der Waals surface area contributed by atoms with Gasteiger partial charge in [-0.2, -0.15) is 0 Å². The predicted octanol–water partition coefficient (Wildman–Crippen LogP) is 2.59. The van der Waals surface area contributed by atoms with Crippen LogP contribution in [0.4, 0.5) is 0 Å². The monoisotopic (exact) mass is 227 g/mol. The second-order valence-corrected chi connectivity index (χ2v) is 4.58. The number of rotatable bonds is 7. The predicted molar refractivity (Wildman–Crippen MR) is 65.4 cm³/mol. The minimum absolute atomic E-state index is 0.0205. The van der Waals surface area contributed by atoms with Crippen molar-refractivity contribution in [3.05, 3.63) is 0 Å². The molecule has 1 rings (SSSR count). The van der Waals surface area contributed by atoms with Crippen molar-refractivity contribution < 1.29 is 9.53 Å². The Bertz CT molecular complexity index is 196. The maximum atomic E-state index is 11.5. The lowest BCUT2D eigenvalue weighted by molar-refractivity contribution is -0.149. The molecule has 1 aliphatic heterocycles. The summed E-state index contributed by atoms with van der Waals surface area (Å²) in [5.41, 5.74) is 0. The van der Waals surface area contributed by atoms with Gasteiger partial charge in [0.2, 0.25) is 0 Å². The average molecular weight is 227 g/mol. The van der Waals surface area contributed by atoms with Gasteiger partial charge in [-0.05, 0) is 51.7 Å².